The summed E-state index contributed by atoms with van der Waals surface area (Å²) in [5, 5.41) is 5.24. The second kappa shape index (κ2) is 9.70. The molecular weight excluding hydrogens is 360 g/mol. The first-order valence-electron chi connectivity index (χ1n) is 9.28. The Morgan fingerprint density at radius 2 is 1.61 bits per heavy atom. The van der Waals surface area contributed by atoms with Crippen molar-refractivity contribution in [1.82, 2.24) is 20.4 Å². The standard InChI is InChI=1S/C20H24N4O4/c25-18(19(26)22-15-16-5-2-1-3-6-16)21-8-9-23-10-12-24(13-11-23)20(27)17-7-4-14-28-17/h1-7,14H,8-13,15H2,(H,21,25)(H,22,26). The zero-order chi connectivity index (χ0) is 19.8. The summed E-state index contributed by atoms with van der Waals surface area (Å²) in [6, 6.07) is 12.8. The van der Waals surface area contributed by atoms with Gasteiger partial charge < -0.3 is 20.0 Å². The van der Waals surface area contributed by atoms with Gasteiger partial charge in [0.1, 0.15) is 0 Å². The lowest BCUT2D eigenvalue weighted by Gasteiger charge is -2.34. The minimum Gasteiger partial charge on any atom is -0.459 e. The number of furan rings is 1. The Balaban J connectivity index is 1.31. The lowest BCUT2D eigenvalue weighted by molar-refractivity contribution is -0.139. The van der Waals surface area contributed by atoms with E-state index < -0.39 is 11.8 Å². The summed E-state index contributed by atoms with van der Waals surface area (Å²) in [6.07, 6.45) is 1.49. The van der Waals surface area contributed by atoms with E-state index in [-0.39, 0.29) is 5.91 Å². The minimum atomic E-state index is -0.641. The van der Waals surface area contributed by atoms with Crippen LogP contribution in [0.3, 0.4) is 0 Å². The highest BCUT2D eigenvalue weighted by Gasteiger charge is 2.23. The molecule has 1 aromatic heterocycles. The van der Waals surface area contributed by atoms with Crippen molar-refractivity contribution in [1.29, 1.82) is 0 Å². The van der Waals surface area contributed by atoms with E-state index in [2.05, 4.69) is 15.5 Å². The van der Waals surface area contributed by atoms with E-state index in [0.29, 0.717) is 51.6 Å². The van der Waals surface area contributed by atoms with E-state index in [9.17, 15) is 14.4 Å². The second-order valence-corrected chi connectivity index (χ2v) is 6.54. The molecule has 1 fully saturated rings. The lowest BCUT2D eigenvalue weighted by Crippen LogP contribution is -2.50. The largest absolute Gasteiger partial charge is 0.459 e. The van der Waals surface area contributed by atoms with E-state index in [1.54, 1.807) is 17.0 Å². The smallest absolute Gasteiger partial charge is 0.309 e. The molecule has 148 valence electrons. The Morgan fingerprint density at radius 3 is 2.29 bits per heavy atom. The molecule has 0 bridgehead atoms. The van der Waals surface area contributed by atoms with Gasteiger partial charge in [-0.2, -0.15) is 0 Å². The normalized spacial score (nSPS) is 14.5. The molecule has 3 amide bonds. The maximum atomic E-state index is 12.2. The van der Waals surface area contributed by atoms with Crippen molar-refractivity contribution in [2.24, 2.45) is 0 Å². The summed E-state index contributed by atoms with van der Waals surface area (Å²) >= 11 is 0. The number of nitrogens with zero attached hydrogens (tertiary/aromatic N) is 2. The number of carbonyl (C=O) groups excluding carboxylic acids is 3. The molecule has 0 radical (unpaired) electrons. The first-order chi connectivity index (χ1) is 13.6. The molecule has 8 heteroatoms. The molecule has 0 spiro atoms. The fourth-order valence-electron chi connectivity index (χ4n) is 3.00. The van der Waals surface area contributed by atoms with Crippen molar-refractivity contribution < 1.29 is 18.8 Å². The van der Waals surface area contributed by atoms with Crippen LogP contribution in [0.2, 0.25) is 0 Å². The molecule has 1 saturated heterocycles. The number of carbonyl (C=O) groups is 3. The van der Waals surface area contributed by atoms with Crippen LogP contribution in [0.1, 0.15) is 16.1 Å². The lowest BCUT2D eigenvalue weighted by atomic mass is 10.2. The molecule has 1 aromatic carbocycles. The van der Waals surface area contributed by atoms with Crippen LogP contribution in [0.5, 0.6) is 0 Å². The fourth-order valence-corrected chi connectivity index (χ4v) is 3.00. The van der Waals surface area contributed by atoms with Gasteiger partial charge in [-0.1, -0.05) is 30.3 Å². The second-order valence-electron chi connectivity index (χ2n) is 6.54. The van der Waals surface area contributed by atoms with Crippen LogP contribution in [0.25, 0.3) is 0 Å². The quantitative estimate of drug-likeness (QED) is 0.706. The molecule has 1 aliphatic heterocycles. The van der Waals surface area contributed by atoms with E-state index >= 15 is 0 Å². The van der Waals surface area contributed by atoms with Gasteiger partial charge in [0.25, 0.3) is 5.91 Å². The molecule has 2 aromatic rings. The van der Waals surface area contributed by atoms with Crippen LogP contribution in [-0.2, 0) is 16.1 Å². The Morgan fingerprint density at radius 1 is 0.893 bits per heavy atom. The van der Waals surface area contributed by atoms with E-state index in [0.717, 1.165) is 5.56 Å². The van der Waals surface area contributed by atoms with Crippen LogP contribution in [0, 0.1) is 0 Å². The average molecular weight is 384 g/mol. The number of amides is 3. The van der Waals surface area contributed by atoms with Gasteiger partial charge in [0.05, 0.1) is 6.26 Å². The van der Waals surface area contributed by atoms with Crippen molar-refractivity contribution >= 4 is 17.7 Å². The van der Waals surface area contributed by atoms with Crippen molar-refractivity contribution in [3.8, 4) is 0 Å². The summed E-state index contributed by atoms with van der Waals surface area (Å²) < 4.78 is 5.15. The number of nitrogens with one attached hydrogen (secondary N) is 2. The van der Waals surface area contributed by atoms with Crippen LogP contribution in [0.4, 0.5) is 0 Å². The molecule has 0 atom stereocenters. The third-order valence-corrected chi connectivity index (χ3v) is 4.61. The predicted octanol–water partition coefficient (Wildman–Crippen LogP) is 0.470. The maximum Gasteiger partial charge on any atom is 0.309 e. The number of piperazine rings is 1. The van der Waals surface area contributed by atoms with Gasteiger partial charge in [-0.3, -0.25) is 19.3 Å². The summed E-state index contributed by atoms with van der Waals surface area (Å²) in [5.74, 6) is -1.03. The first kappa shape index (κ1) is 19.6. The summed E-state index contributed by atoms with van der Waals surface area (Å²) in [7, 11) is 0. The maximum absolute atomic E-state index is 12.2. The van der Waals surface area contributed by atoms with Crippen molar-refractivity contribution in [3.05, 3.63) is 60.1 Å². The molecule has 3 rings (SSSR count). The van der Waals surface area contributed by atoms with Gasteiger partial charge in [-0.05, 0) is 17.7 Å². The number of benzene rings is 1. The molecule has 0 unspecified atom stereocenters. The van der Waals surface area contributed by atoms with Gasteiger partial charge in [-0.25, -0.2) is 0 Å². The van der Waals surface area contributed by atoms with Gasteiger partial charge in [0.15, 0.2) is 5.76 Å². The molecular formula is C20H24N4O4. The van der Waals surface area contributed by atoms with Crippen LogP contribution in [-0.4, -0.2) is 66.8 Å². The summed E-state index contributed by atoms with van der Waals surface area (Å²) in [4.78, 5) is 39.8. The Bertz CT molecular complexity index is 784. The van der Waals surface area contributed by atoms with E-state index in [1.807, 2.05) is 30.3 Å². The Hall–Kier alpha value is -3.13. The first-order valence-corrected chi connectivity index (χ1v) is 9.28. The Kier molecular flexibility index (Phi) is 6.80. The van der Waals surface area contributed by atoms with Gasteiger partial charge in [0.2, 0.25) is 0 Å². The van der Waals surface area contributed by atoms with Crippen molar-refractivity contribution in [2.45, 2.75) is 6.54 Å². The van der Waals surface area contributed by atoms with Gasteiger partial charge in [0, 0.05) is 45.8 Å². The highest BCUT2D eigenvalue weighted by atomic mass is 16.3. The summed E-state index contributed by atoms with van der Waals surface area (Å²) in [5.41, 5.74) is 0.936. The molecule has 0 aliphatic carbocycles. The number of hydrogen-bond donors (Lipinski definition) is 2. The molecule has 1 aliphatic rings. The highest BCUT2D eigenvalue weighted by molar-refractivity contribution is 6.35. The topological polar surface area (TPSA) is 94.9 Å². The molecule has 2 N–H and O–H groups in total. The minimum absolute atomic E-state index is 0.104. The van der Waals surface area contributed by atoms with Crippen molar-refractivity contribution in [2.75, 3.05) is 39.3 Å². The fraction of sp³-hybridized carbons (Fsp3) is 0.350. The average Bonchev–Trinajstić information content (AvgIpc) is 3.27. The zero-order valence-electron chi connectivity index (χ0n) is 15.6. The Labute approximate surface area is 163 Å². The van der Waals surface area contributed by atoms with E-state index in [1.165, 1.54) is 6.26 Å². The SMILES string of the molecule is O=C(NCCN1CCN(C(=O)c2ccco2)CC1)C(=O)NCc1ccccc1. The van der Waals surface area contributed by atoms with Crippen molar-refractivity contribution in [3.63, 3.8) is 0 Å². The summed E-state index contributed by atoms with van der Waals surface area (Å²) in [6.45, 7) is 3.95. The molecule has 0 saturated carbocycles. The molecule has 28 heavy (non-hydrogen) atoms. The predicted molar refractivity (Wildman–Crippen MR) is 102 cm³/mol. The van der Waals surface area contributed by atoms with Gasteiger partial charge >= 0.3 is 11.8 Å². The molecule has 8 nitrogen and oxygen atoms in total. The number of hydrogen-bond acceptors (Lipinski definition) is 5. The number of rotatable bonds is 6. The van der Waals surface area contributed by atoms with Crippen LogP contribution >= 0.6 is 0 Å². The highest BCUT2D eigenvalue weighted by Crippen LogP contribution is 2.09. The zero-order valence-corrected chi connectivity index (χ0v) is 15.6. The third kappa shape index (κ3) is 5.43. The third-order valence-electron chi connectivity index (χ3n) is 4.61. The van der Waals surface area contributed by atoms with Gasteiger partial charge in [-0.15, -0.1) is 0 Å². The monoisotopic (exact) mass is 384 g/mol. The molecule has 2 heterocycles. The van der Waals surface area contributed by atoms with E-state index in [4.69, 9.17) is 4.42 Å². The van der Waals surface area contributed by atoms with Crippen LogP contribution < -0.4 is 10.6 Å². The van der Waals surface area contributed by atoms with Crippen LogP contribution in [0.15, 0.2) is 53.1 Å².